The van der Waals surface area contributed by atoms with Crippen LogP contribution in [0, 0.1) is 5.92 Å². The van der Waals surface area contributed by atoms with Gasteiger partial charge >= 0.3 is 0 Å². The molecule has 1 unspecified atom stereocenters. The number of hydrogen-bond acceptors (Lipinski definition) is 4. The Kier molecular flexibility index (Phi) is 4.36. The highest BCUT2D eigenvalue weighted by molar-refractivity contribution is 5.94. The molecule has 1 aromatic heterocycles. The number of carbonyl (C=O) groups excluding carboxylic acids is 1. The van der Waals surface area contributed by atoms with Gasteiger partial charge in [-0.25, -0.2) is 0 Å². The van der Waals surface area contributed by atoms with Gasteiger partial charge in [-0.05, 0) is 56.1 Å². The van der Waals surface area contributed by atoms with Gasteiger partial charge in [-0.2, -0.15) is 0 Å². The van der Waals surface area contributed by atoms with Crippen molar-refractivity contribution >= 4 is 5.91 Å². The second-order valence-corrected chi connectivity index (χ2v) is 6.74. The molecule has 4 heterocycles. The fourth-order valence-electron chi connectivity index (χ4n) is 3.72. The van der Waals surface area contributed by atoms with E-state index in [4.69, 9.17) is 9.47 Å². The molecule has 0 radical (unpaired) electrons. The second-order valence-electron chi connectivity index (χ2n) is 6.74. The minimum Gasteiger partial charge on any atom is -0.482 e. The molecule has 1 atom stereocenters. The van der Waals surface area contributed by atoms with E-state index in [0.29, 0.717) is 29.0 Å². The van der Waals surface area contributed by atoms with Crippen LogP contribution in [-0.2, 0) is 0 Å². The van der Waals surface area contributed by atoms with E-state index in [1.807, 2.05) is 0 Å². The summed E-state index contributed by atoms with van der Waals surface area (Å²) < 4.78 is 10.8. The SMILES string of the molecule is COc1ccc(Oc2ccc(C(=O)NC3CN4CCC3CC4)cc2)[nH]1. The quantitative estimate of drug-likeness (QED) is 0.877. The van der Waals surface area contributed by atoms with Gasteiger partial charge in [-0.1, -0.05) is 0 Å². The monoisotopic (exact) mass is 341 g/mol. The van der Waals surface area contributed by atoms with Gasteiger partial charge in [0.15, 0.2) is 11.8 Å². The zero-order valence-electron chi connectivity index (χ0n) is 14.3. The summed E-state index contributed by atoms with van der Waals surface area (Å²) >= 11 is 0. The van der Waals surface area contributed by atoms with Crippen LogP contribution in [-0.4, -0.2) is 48.6 Å². The number of hydrogen-bond donors (Lipinski definition) is 2. The predicted molar refractivity (Wildman–Crippen MR) is 94.3 cm³/mol. The lowest BCUT2D eigenvalue weighted by Crippen LogP contribution is -2.57. The van der Waals surface area contributed by atoms with Crippen LogP contribution < -0.4 is 14.8 Å². The van der Waals surface area contributed by atoms with Crippen LogP contribution in [0.25, 0.3) is 0 Å². The molecule has 0 aliphatic carbocycles. The Hall–Kier alpha value is -2.47. The highest BCUT2D eigenvalue weighted by Crippen LogP contribution is 2.28. The van der Waals surface area contributed by atoms with Gasteiger partial charge in [0.25, 0.3) is 5.91 Å². The third kappa shape index (κ3) is 3.49. The number of ether oxygens (including phenoxy) is 2. The number of aromatic amines is 1. The average molecular weight is 341 g/mol. The van der Waals surface area contributed by atoms with Gasteiger partial charge in [-0.3, -0.25) is 9.78 Å². The molecule has 1 aromatic carbocycles. The number of H-pyrrole nitrogens is 1. The van der Waals surface area contributed by atoms with Crippen molar-refractivity contribution in [2.24, 2.45) is 5.92 Å². The molecule has 3 aliphatic heterocycles. The summed E-state index contributed by atoms with van der Waals surface area (Å²) in [5, 5.41) is 3.20. The third-order valence-electron chi connectivity index (χ3n) is 5.17. The Morgan fingerprint density at radius 1 is 1.12 bits per heavy atom. The first-order chi connectivity index (χ1) is 12.2. The molecule has 5 rings (SSSR count). The van der Waals surface area contributed by atoms with E-state index in [-0.39, 0.29) is 11.9 Å². The molecule has 2 N–H and O–H groups in total. The summed E-state index contributed by atoms with van der Waals surface area (Å²) in [6, 6.07) is 11.1. The van der Waals surface area contributed by atoms with Gasteiger partial charge in [0, 0.05) is 30.3 Å². The second kappa shape index (κ2) is 6.80. The Morgan fingerprint density at radius 2 is 1.84 bits per heavy atom. The van der Waals surface area contributed by atoms with Crippen molar-refractivity contribution < 1.29 is 14.3 Å². The van der Waals surface area contributed by atoms with Crippen LogP contribution >= 0.6 is 0 Å². The molecule has 3 aliphatic rings. The number of carbonyl (C=O) groups is 1. The first-order valence-corrected chi connectivity index (χ1v) is 8.75. The van der Waals surface area contributed by atoms with E-state index in [1.54, 1.807) is 43.5 Å². The van der Waals surface area contributed by atoms with Crippen LogP contribution in [0.15, 0.2) is 36.4 Å². The highest BCUT2D eigenvalue weighted by atomic mass is 16.5. The molecule has 3 saturated heterocycles. The van der Waals surface area contributed by atoms with E-state index in [0.717, 1.165) is 6.54 Å². The molecule has 2 aromatic rings. The summed E-state index contributed by atoms with van der Waals surface area (Å²) in [4.78, 5) is 17.9. The number of nitrogens with zero attached hydrogens (tertiary/aromatic N) is 1. The number of fused-ring (bicyclic) bond motifs is 3. The van der Waals surface area contributed by atoms with Crippen molar-refractivity contribution in [2.45, 2.75) is 18.9 Å². The van der Waals surface area contributed by atoms with Crippen molar-refractivity contribution in [3.8, 4) is 17.5 Å². The molecule has 2 bridgehead atoms. The van der Waals surface area contributed by atoms with Gasteiger partial charge < -0.3 is 19.7 Å². The summed E-state index contributed by atoms with van der Waals surface area (Å²) in [6.45, 7) is 3.32. The number of benzene rings is 1. The molecule has 0 saturated carbocycles. The Bertz CT molecular complexity index is 733. The minimum atomic E-state index is -0.00755. The Labute approximate surface area is 147 Å². The first kappa shape index (κ1) is 16.0. The molecule has 3 fully saturated rings. The standard InChI is InChI=1S/C19H23N3O3/c1-24-17-6-7-18(21-17)25-15-4-2-14(3-5-15)19(23)20-16-12-22-10-8-13(16)9-11-22/h2-7,13,16,21H,8-12H2,1H3,(H,20,23). The van der Waals surface area contributed by atoms with Crippen molar-refractivity contribution in [3.05, 3.63) is 42.0 Å². The van der Waals surface area contributed by atoms with Crippen LogP contribution in [0.3, 0.4) is 0 Å². The first-order valence-electron chi connectivity index (χ1n) is 8.75. The summed E-state index contributed by atoms with van der Waals surface area (Å²) in [7, 11) is 1.60. The zero-order valence-corrected chi connectivity index (χ0v) is 14.3. The molecule has 6 nitrogen and oxygen atoms in total. The molecule has 1 amide bonds. The summed E-state index contributed by atoms with van der Waals surface area (Å²) in [5.41, 5.74) is 0.660. The smallest absolute Gasteiger partial charge is 0.251 e. The Balaban J connectivity index is 1.37. The lowest BCUT2D eigenvalue weighted by molar-refractivity contribution is 0.0620. The molecule has 0 spiro atoms. The maximum absolute atomic E-state index is 12.5. The molecular weight excluding hydrogens is 318 g/mol. The number of methoxy groups -OCH3 is 1. The van der Waals surface area contributed by atoms with E-state index in [1.165, 1.54) is 25.9 Å². The van der Waals surface area contributed by atoms with Gasteiger partial charge in [0.05, 0.1) is 7.11 Å². The normalized spacial score (nSPS) is 24.8. The van der Waals surface area contributed by atoms with E-state index >= 15 is 0 Å². The van der Waals surface area contributed by atoms with Crippen molar-refractivity contribution in [1.29, 1.82) is 0 Å². The van der Waals surface area contributed by atoms with Gasteiger partial charge in [0.2, 0.25) is 0 Å². The summed E-state index contributed by atoms with van der Waals surface area (Å²) in [6.07, 6.45) is 2.38. The number of amides is 1. The largest absolute Gasteiger partial charge is 0.482 e. The number of nitrogens with one attached hydrogen (secondary N) is 2. The number of aromatic nitrogens is 1. The van der Waals surface area contributed by atoms with E-state index in [9.17, 15) is 4.79 Å². The topological polar surface area (TPSA) is 66.6 Å². The van der Waals surface area contributed by atoms with Crippen LogP contribution in [0.5, 0.6) is 17.5 Å². The lowest BCUT2D eigenvalue weighted by atomic mass is 9.84. The van der Waals surface area contributed by atoms with Crippen molar-refractivity contribution in [3.63, 3.8) is 0 Å². The van der Waals surface area contributed by atoms with E-state index in [2.05, 4.69) is 15.2 Å². The molecule has 25 heavy (non-hydrogen) atoms. The molecular formula is C19H23N3O3. The van der Waals surface area contributed by atoms with E-state index < -0.39 is 0 Å². The summed E-state index contributed by atoms with van der Waals surface area (Å²) in [5.74, 6) is 2.53. The van der Waals surface area contributed by atoms with Crippen LogP contribution in [0.2, 0.25) is 0 Å². The maximum Gasteiger partial charge on any atom is 0.251 e. The zero-order chi connectivity index (χ0) is 17.2. The Morgan fingerprint density at radius 3 is 2.44 bits per heavy atom. The minimum absolute atomic E-state index is 0.00755. The third-order valence-corrected chi connectivity index (χ3v) is 5.17. The molecule has 6 heteroatoms. The van der Waals surface area contributed by atoms with Crippen LogP contribution in [0.1, 0.15) is 23.2 Å². The highest BCUT2D eigenvalue weighted by Gasteiger charge is 2.34. The van der Waals surface area contributed by atoms with Crippen LogP contribution in [0.4, 0.5) is 0 Å². The van der Waals surface area contributed by atoms with Gasteiger partial charge in [0.1, 0.15) is 5.75 Å². The van der Waals surface area contributed by atoms with Crippen molar-refractivity contribution in [2.75, 3.05) is 26.7 Å². The fourth-order valence-corrected chi connectivity index (χ4v) is 3.72. The number of rotatable bonds is 5. The fraction of sp³-hybridized carbons (Fsp3) is 0.421. The maximum atomic E-state index is 12.5. The average Bonchev–Trinajstić information content (AvgIpc) is 3.11. The van der Waals surface area contributed by atoms with Crippen molar-refractivity contribution in [1.82, 2.24) is 15.2 Å². The predicted octanol–water partition coefficient (Wildman–Crippen LogP) is 2.64. The number of piperidine rings is 3. The molecule has 132 valence electrons. The lowest BCUT2D eigenvalue weighted by Gasteiger charge is -2.44. The van der Waals surface area contributed by atoms with Gasteiger partial charge in [-0.15, -0.1) is 0 Å².